The van der Waals surface area contributed by atoms with Crippen molar-refractivity contribution in [2.45, 2.75) is 32.9 Å². The summed E-state index contributed by atoms with van der Waals surface area (Å²) in [4.78, 5) is 16.0. The van der Waals surface area contributed by atoms with Crippen LogP contribution in [-0.2, 0) is 4.74 Å². The highest BCUT2D eigenvalue weighted by atomic mass is 79.9. The van der Waals surface area contributed by atoms with Crippen LogP contribution in [0.3, 0.4) is 0 Å². The summed E-state index contributed by atoms with van der Waals surface area (Å²) in [6, 6.07) is 2.89. The van der Waals surface area contributed by atoms with E-state index in [1.54, 1.807) is 11.6 Å². The minimum atomic E-state index is -0.576. The van der Waals surface area contributed by atoms with E-state index in [0.717, 1.165) is 6.20 Å². The average Bonchev–Trinajstić information content (AvgIpc) is 2.81. The zero-order chi connectivity index (χ0) is 15.6. The molecule has 2 heterocycles. The molecular formula is C14H15BrFN3O2. The summed E-state index contributed by atoms with van der Waals surface area (Å²) in [6.45, 7) is 5.59. The van der Waals surface area contributed by atoms with Gasteiger partial charge in [0, 0.05) is 6.04 Å². The summed E-state index contributed by atoms with van der Waals surface area (Å²) in [5.74, 6) is -0.939. The van der Waals surface area contributed by atoms with E-state index in [2.05, 4.69) is 26.0 Å². The SMILES string of the molecule is CC(OC(=O)c1cnn(C(C)C)c1Br)c1ccc(F)cn1. The van der Waals surface area contributed by atoms with E-state index < -0.39 is 17.9 Å². The maximum atomic E-state index is 12.8. The van der Waals surface area contributed by atoms with Crippen LogP contribution >= 0.6 is 15.9 Å². The third kappa shape index (κ3) is 3.47. The predicted octanol–water partition coefficient (Wildman–Crippen LogP) is 3.68. The predicted molar refractivity (Wildman–Crippen MR) is 78.3 cm³/mol. The number of carbonyl (C=O) groups is 1. The molecule has 21 heavy (non-hydrogen) atoms. The minimum absolute atomic E-state index is 0.122. The van der Waals surface area contributed by atoms with Crippen molar-refractivity contribution in [2.24, 2.45) is 0 Å². The van der Waals surface area contributed by atoms with Crippen LogP contribution in [0.5, 0.6) is 0 Å². The molecule has 1 atom stereocenters. The van der Waals surface area contributed by atoms with Crippen LogP contribution in [-0.4, -0.2) is 20.7 Å². The molecule has 7 heteroatoms. The van der Waals surface area contributed by atoms with Crippen molar-refractivity contribution in [1.29, 1.82) is 0 Å². The third-order valence-electron chi connectivity index (χ3n) is 2.89. The van der Waals surface area contributed by atoms with Crippen molar-refractivity contribution in [3.8, 4) is 0 Å². The van der Waals surface area contributed by atoms with Crippen LogP contribution in [0.2, 0.25) is 0 Å². The third-order valence-corrected chi connectivity index (χ3v) is 3.68. The van der Waals surface area contributed by atoms with Gasteiger partial charge < -0.3 is 4.74 Å². The second-order valence-electron chi connectivity index (χ2n) is 4.84. The van der Waals surface area contributed by atoms with Gasteiger partial charge in [-0.05, 0) is 48.8 Å². The van der Waals surface area contributed by atoms with Gasteiger partial charge in [-0.25, -0.2) is 9.18 Å². The second-order valence-corrected chi connectivity index (χ2v) is 5.59. The summed E-state index contributed by atoms with van der Waals surface area (Å²) in [7, 11) is 0. The Labute approximate surface area is 130 Å². The number of carbonyl (C=O) groups excluding carboxylic acids is 1. The van der Waals surface area contributed by atoms with Gasteiger partial charge in [-0.3, -0.25) is 9.67 Å². The summed E-state index contributed by atoms with van der Waals surface area (Å²) in [5, 5.41) is 4.13. The first-order valence-electron chi connectivity index (χ1n) is 6.45. The lowest BCUT2D eigenvalue weighted by Gasteiger charge is -2.12. The van der Waals surface area contributed by atoms with Crippen LogP contribution in [0.1, 0.15) is 49.0 Å². The van der Waals surface area contributed by atoms with Gasteiger partial charge in [0.05, 0.1) is 18.1 Å². The normalized spacial score (nSPS) is 12.5. The van der Waals surface area contributed by atoms with Gasteiger partial charge in [0.25, 0.3) is 0 Å². The smallest absolute Gasteiger partial charge is 0.343 e. The molecule has 0 amide bonds. The van der Waals surface area contributed by atoms with Crippen molar-refractivity contribution in [2.75, 3.05) is 0 Å². The van der Waals surface area contributed by atoms with Crippen LogP contribution in [0.4, 0.5) is 4.39 Å². The van der Waals surface area contributed by atoms with Crippen LogP contribution in [0.25, 0.3) is 0 Å². The Morgan fingerprint density at radius 1 is 1.33 bits per heavy atom. The molecule has 2 aromatic heterocycles. The monoisotopic (exact) mass is 355 g/mol. The largest absolute Gasteiger partial charge is 0.452 e. The fraction of sp³-hybridized carbons (Fsp3) is 0.357. The summed E-state index contributed by atoms with van der Waals surface area (Å²) in [5.41, 5.74) is 0.829. The molecule has 0 aliphatic heterocycles. The molecule has 112 valence electrons. The topological polar surface area (TPSA) is 57.0 Å². The Morgan fingerprint density at radius 2 is 2.05 bits per heavy atom. The summed E-state index contributed by atoms with van der Waals surface area (Å²) >= 11 is 3.34. The lowest BCUT2D eigenvalue weighted by molar-refractivity contribution is 0.0328. The number of aromatic nitrogens is 3. The maximum absolute atomic E-state index is 12.8. The van der Waals surface area contributed by atoms with E-state index in [1.165, 1.54) is 18.3 Å². The Kier molecular flexibility index (Phi) is 4.72. The molecule has 0 aliphatic rings. The fourth-order valence-corrected chi connectivity index (χ4v) is 2.52. The van der Waals surface area contributed by atoms with Gasteiger partial charge in [-0.15, -0.1) is 0 Å². The number of ether oxygens (including phenoxy) is 1. The van der Waals surface area contributed by atoms with Crippen LogP contribution in [0, 0.1) is 5.82 Å². The van der Waals surface area contributed by atoms with Crippen molar-refractivity contribution < 1.29 is 13.9 Å². The molecule has 5 nitrogen and oxygen atoms in total. The number of esters is 1. The van der Waals surface area contributed by atoms with Crippen molar-refractivity contribution in [3.05, 3.63) is 46.2 Å². The first-order valence-corrected chi connectivity index (χ1v) is 7.25. The van der Waals surface area contributed by atoms with Gasteiger partial charge >= 0.3 is 5.97 Å². The number of rotatable bonds is 4. The number of pyridine rings is 1. The van der Waals surface area contributed by atoms with E-state index in [1.807, 2.05) is 13.8 Å². The Hall–Kier alpha value is -1.76. The molecule has 0 spiro atoms. The van der Waals surface area contributed by atoms with Gasteiger partial charge in [-0.2, -0.15) is 5.10 Å². The quantitative estimate of drug-likeness (QED) is 0.785. The lowest BCUT2D eigenvalue weighted by atomic mass is 10.2. The molecule has 0 bridgehead atoms. The van der Waals surface area contributed by atoms with Crippen molar-refractivity contribution >= 4 is 21.9 Å². The van der Waals surface area contributed by atoms with Crippen LogP contribution in [0.15, 0.2) is 29.1 Å². The number of nitrogens with zero attached hydrogens (tertiary/aromatic N) is 3. The molecule has 0 aliphatic carbocycles. The van der Waals surface area contributed by atoms with E-state index in [0.29, 0.717) is 15.9 Å². The molecule has 0 radical (unpaired) electrons. The second kappa shape index (κ2) is 6.34. The molecule has 2 aromatic rings. The summed E-state index contributed by atoms with van der Waals surface area (Å²) in [6.07, 6.45) is 1.97. The van der Waals surface area contributed by atoms with E-state index in [-0.39, 0.29) is 6.04 Å². The van der Waals surface area contributed by atoms with Gasteiger partial charge in [0.1, 0.15) is 22.1 Å². The maximum Gasteiger partial charge on any atom is 0.343 e. The van der Waals surface area contributed by atoms with Gasteiger partial charge in [0.2, 0.25) is 0 Å². The van der Waals surface area contributed by atoms with E-state index in [4.69, 9.17) is 4.74 Å². The highest BCUT2D eigenvalue weighted by Gasteiger charge is 2.21. The zero-order valence-corrected chi connectivity index (χ0v) is 13.5. The number of hydrogen-bond donors (Lipinski definition) is 0. The van der Waals surface area contributed by atoms with E-state index >= 15 is 0 Å². The van der Waals surface area contributed by atoms with Crippen molar-refractivity contribution in [3.63, 3.8) is 0 Å². The molecule has 0 saturated heterocycles. The zero-order valence-electron chi connectivity index (χ0n) is 11.9. The molecule has 1 unspecified atom stereocenters. The highest BCUT2D eigenvalue weighted by Crippen LogP contribution is 2.23. The molecular weight excluding hydrogens is 341 g/mol. The standard InChI is InChI=1S/C14H15BrFN3O2/c1-8(2)19-13(15)11(7-18-19)14(20)21-9(3)12-5-4-10(16)6-17-12/h4-9H,1-3H3. The molecule has 0 N–H and O–H groups in total. The average molecular weight is 356 g/mol. The number of hydrogen-bond acceptors (Lipinski definition) is 4. The number of halogens is 2. The highest BCUT2D eigenvalue weighted by molar-refractivity contribution is 9.10. The first-order chi connectivity index (χ1) is 9.90. The Morgan fingerprint density at radius 3 is 2.57 bits per heavy atom. The van der Waals surface area contributed by atoms with Gasteiger partial charge in [-0.1, -0.05) is 0 Å². The Balaban J connectivity index is 2.12. The van der Waals surface area contributed by atoms with Gasteiger partial charge in [0.15, 0.2) is 0 Å². The molecule has 0 aromatic carbocycles. The van der Waals surface area contributed by atoms with Crippen LogP contribution < -0.4 is 0 Å². The molecule has 0 fully saturated rings. The molecule has 2 rings (SSSR count). The van der Waals surface area contributed by atoms with E-state index in [9.17, 15) is 9.18 Å². The fourth-order valence-electron chi connectivity index (χ4n) is 1.76. The lowest BCUT2D eigenvalue weighted by Crippen LogP contribution is -2.11. The summed E-state index contributed by atoms with van der Waals surface area (Å²) < 4.78 is 20.4. The minimum Gasteiger partial charge on any atom is -0.452 e. The Bertz CT molecular complexity index is 640. The molecule has 0 saturated carbocycles. The van der Waals surface area contributed by atoms with Crippen molar-refractivity contribution in [1.82, 2.24) is 14.8 Å². The first kappa shape index (κ1) is 15.6.